The summed E-state index contributed by atoms with van der Waals surface area (Å²) < 4.78 is 12.1. The molecule has 0 bridgehead atoms. The Morgan fingerprint density at radius 1 is 1.03 bits per heavy atom. The third-order valence-electron chi connectivity index (χ3n) is 6.07. The summed E-state index contributed by atoms with van der Waals surface area (Å²) in [7, 11) is 1.65. The summed E-state index contributed by atoms with van der Waals surface area (Å²) in [6, 6.07) is 9.98. The smallest absolute Gasteiger partial charge is 0.216 e. The first-order chi connectivity index (χ1) is 14.9. The zero-order valence-electron chi connectivity index (χ0n) is 19.3. The van der Waals surface area contributed by atoms with E-state index in [1.54, 1.807) is 7.11 Å². The van der Waals surface area contributed by atoms with Gasteiger partial charge in [-0.15, -0.1) is 0 Å². The monoisotopic (exact) mass is 423 g/mol. The van der Waals surface area contributed by atoms with E-state index in [4.69, 9.17) is 9.47 Å². The highest BCUT2D eigenvalue weighted by Gasteiger charge is 2.44. The van der Waals surface area contributed by atoms with E-state index in [-0.39, 0.29) is 17.1 Å². The van der Waals surface area contributed by atoms with Crippen LogP contribution in [0.2, 0.25) is 0 Å². The van der Waals surface area contributed by atoms with Gasteiger partial charge in [0.05, 0.1) is 13.7 Å². The van der Waals surface area contributed by atoms with Crippen LogP contribution in [0.5, 0.6) is 11.5 Å². The van der Waals surface area contributed by atoms with Gasteiger partial charge in [0, 0.05) is 36.4 Å². The molecule has 0 spiro atoms. The average molecular weight is 424 g/mol. The Labute approximate surface area is 185 Å². The Morgan fingerprint density at radius 2 is 1.74 bits per heavy atom. The Morgan fingerprint density at radius 3 is 2.39 bits per heavy atom. The van der Waals surface area contributed by atoms with E-state index in [0.29, 0.717) is 25.3 Å². The molecule has 0 radical (unpaired) electrons. The molecule has 2 aliphatic carbocycles. The van der Waals surface area contributed by atoms with Gasteiger partial charge in [0.25, 0.3) is 0 Å². The van der Waals surface area contributed by atoms with Crippen LogP contribution in [-0.4, -0.2) is 32.0 Å². The first-order valence-corrected chi connectivity index (χ1v) is 11.1. The Kier molecular flexibility index (Phi) is 7.04. The van der Waals surface area contributed by atoms with Crippen molar-refractivity contribution in [2.75, 3.05) is 20.3 Å². The molecule has 1 amide bonds. The molecule has 1 fully saturated rings. The molecule has 166 valence electrons. The lowest BCUT2D eigenvalue weighted by atomic mass is 9.95. The van der Waals surface area contributed by atoms with Crippen LogP contribution in [0.15, 0.2) is 30.3 Å². The van der Waals surface area contributed by atoms with Gasteiger partial charge < -0.3 is 14.8 Å². The van der Waals surface area contributed by atoms with Gasteiger partial charge in [-0.3, -0.25) is 9.59 Å². The number of carbonyl (C=O) groups is 2. The molecule has 0 unspecified atom stereocenters. The van der Waals surface area contributed by atoms with Crippen molar-refractivity contribution in [3.63, 3.8) is 0 Å². The van der Waals surface area contributed by atoms with Gasteiger partial charge >= 0.3 is 0 Å². The first-order valence-electron chi connectivity index (χ1n) is 11.1. The zero-order chi connectivity index (χ0) is 22.6. The number of carbonyl (C=O) groups excluding carboxylic acids is 2. The number of methoxy groups -OCH3 is 1. The van der Waals surface area contributed by atoms with E-state index in [2.05, 4.69) is 17.4 Å². The number of ether oxygens (including phenoxy) is 2. The molecule has 2 aromatic rings. The summed E-state index contributed by atoms with van der Waals surface area (Å²) >= 11 is 0. The summed E-state index contributed by atoms with van der Waals surface area (Å²) in [5.74, 6) is 1.62. The summed E-state index contributed by atoms with van der Waals surface area (Å²) in [4.78, 5) is 23.5. The number of hydrogen-bond acceptors (Lipinski definition) is 4. The van der Waals surface area contributed by atoms with Crippen LogP contribution >= 0.6 is 0 Å². The Bertz CT molecular complexity index is 976. The van der Waals surface area contributed by atoms with Crippen molar-refractivity contribution in [1.29, 1.82) is 0 Å². The minimum Gasteiger partial charge on any atom is -0.493 e. The third-order valence-corrected chi connectivity index (χ3v) is 6.07. The van der Waals surface area contributed by atoms with Gasteiger partial charge in [-0.2, -0.15) is 0 Å². The highest BCUT2D eigenvalue weighted by Crippen LogP contribution is 2.48. The molecule has 5 nitrogen and oxygen atoms in total. The van der Waals surface area contributed by atoms with Crippen molar-refractivity contribution >= 4 is 11.7 Å². The highest BCUT2D eigenvalue weighted by molar-refractivity contribution is 6.02. The van der Waals surface area contributed by atoms with Crippen LogP contribution in [-0.2, 0) is 11.2 Å². The van der Waals surface area contributed by atoms with Crippen molar-refractivity contribution in [2.45, 2.75) is 53.4 Å². The number of ketones is 1. The Hall–Kier alpha value is -2.82. The molecule has 2 aliphatic rings. The van der Waals surface area contributed by atoms with Crippen molar-refractivity contribution in [2.24, 2.45) is 5.41 Å². The second-order valence-electron chi connectivity index (χ2n) is 8.25. The SMILES string of the molecule is CC.COc1c(C)ccc(-c2cccc3c2CCC3=O)c1OCC1(CNC(C)=O)CC1. The number of aryl methyl sites for hydroxylation is 1. The van der Waals surface area contributed by atoms with Gasteiger partial charge in [0.15, 0.2) is 17.3 Å². The maximum Gasteiger partial charge on any atom is 0.216 e. The molecular weight excluding hydrogens is 390 g/mol. The summed E-state index contributed by atoms with van der Waals surface area (Å²) in [5, 5.41) is 2.92. The summed E-state index contributed by atoms with van der Waals surface area (Å²) in [5.41, 5.74) is 4.89. The topological polar surface area (TPSA) is 64.6 Å². The molecule has 31 heavy (non-hydrogen) atoms. The summed E-state index contributed by atoms with van der Waals surface area (Å²) in [6.07, 6.45) is 3.38. The van der Waals surface area contributed by atoms with Crippen LogP contribution < -0.4 is 14.8 Å². The molecule has 1 N–H and O–H groups in total. The molecule has 0 atom stereocenters. The largest absolute Gasteiger partial charge is 0.493 e. The van der Waals surface area contributed by atoms with E-state index in [1.807, 2.05) is 39.0 Å². The van der Waals surface area contributed by atoms with E-state index < -0.39 is 0 Å². The van der Waals surface area contributed by atoms with Crippen LogP contribution in [0.25, 0.3) is 11.1 Å². The molecular formula is C26H33NO4. The molecule has 1 saturated carbocycles. The second-order valence-corrected chi connectivity index (χ2v) is 8.25. The van der Waals surface area contributed by atoms with Crippen LogP contribution in [0.1, 0.15) is 61.5 Å². The van der Waals surface area contributed by atoms with Gasteiger partial charge in [-0.05, 0) is 42.9 Å². The third kappa shape index (κ3) is 4.76. The fourth-order valence-electron chi connectivity index (χ4n) is 4.10. The van der Waals surface area contributed by atoms with Crippen LogP contribution in [0.4, 0.5) is 0 Å². The van der Waals surface area contributed by atoms with Crippen molar-refractivity contribution in [3.8, 4) is 22.6 Å². The lowest BCUT2D eigenvalue weighted by Gasteiger charge is -2.22. The van der Waals surface area contributed by atoms with Gasteiger partial charge in [0.1, 0.15) is 0 Å². The number of rotatable bonds is 7. The highest BCUT2D eigenvalue weighted by atomic mass is 16.5. The standard InChI is InChI=1S/C24H27NO4.C2H6/c1-15-7-8-20(17-5-4-6-19-18(17)9-10-21(19)27)23(22(15)28-3)29-14-24(11-12-24)13-25-16(2)26;1-2/h4-8H,9-14H2,1-3H3,(H,25,26);1-2H3. The fraction of sp³-hybridized carbons (Fsp3) is 0.462. The molecule has 2 aromatic carbocycles. The van der Waals surface area contributed by atoms with Crippen molar-refractivity contribution in [3.05, 3.63) is 47.0 Å². The fourth-order valence-corrected chi connectivity index (χ4v) is 4.10. The number of hydrogen-bond donors (Lipinski definition) is 1. The maximum absolute atomic E-state index is 12.2. The van der Waals surface area contributed by atoms with E-state index in [9.17, 15) is 9.59 Å². The minimum atomic E-state index is -0.0189. The predicted molar refractivity (Wildman–Crippen MR) is 123 cm³/mol. The number of benzene rings is 2. The number of fused-ring (bicyclic) bond motifs is 1. The number of nitrogens with one attached hydrogen (secondary N) is 1. The molecule has 4 rings (SSSR count). The van der Waals surface area contributed by atoms with E-state index in [1.165, 1.54) is 6.92 Å². The van der Waals surface area contributed by atoms with Crippen molar-refractivity contribution in [1.82, 2.24) is 5.32 Å². The molecule has 0 aromatic heterocycles. The quantitative estimate of drug-likeness (QED) is 0.671. The second kappa shape index (κ2) is 9.54. The van der Waals surface area contributed by atoms with Gasteiger partial charge in [0.2, 0.25) is 5.91 Å². The zero-order valence-corrected chi connectivity index (χ0v) is 19.3. The lowest BCUT2D eigenvalue weighted by molar-refractivity contribution is -0.119. The van der Waals surface area contributed by atoms with E-state index >= 15 is 0 Å². The molecule has 5 heteroatoms. The molecule has 0 heterocycles. The van der Waals surface area contributed by atoms with Gasteiger partial charge in [-0.25, -0.2) is 0 Å². The molecule has 0 saturated heterocycles. The van der Waals surface area contributed by atoms with Crippen LogP contribution in [0.3, 0.4) is 0 Å². The first kappa shape index (κ1) is 22.9. The van der Waals surface area contributed by atoms with Gasteiger partial charge in [-0.1, -0.05) is 44.2 Å². The van der Waals surface area contributed by atoms with E-state index in [0.717, 1.165) is 52.8 Å². The van der Waals surface area contributed by atoms with Crippen LogP contribution in [0, 0.1) is 12.3 Å². The average Bonchev–Trinajstić information content (AvgIpc) is 3.46. The minimum absolute atomic E-state index is 0.00764. The summed E-state index contributed by atoms with van der Waals surface area (Å²) in [6.45, 7) is 8.68. The normalized spacial score (nSPS) is 15.5. The van der Waals surface area contributed by atoms with Crippen molar-refractivity contribution < 1.29 is 19.1 Å². The Balaban J connectivity index is 0.00000132. The lowest BCUT2D eigenvalue weighted by Crippen LogP contribution is -2.31. The predicted octanol–water partition coefficient (Wildman–Crippen LogP) is 5.12. The maximum atomic E-state index is 12.2. The molecule has 0 aliphatic heterocycles. The number of amides is 1. The number of Topliss-reactive ketones (excluding diaryl/α,β-unsaturated/α-hetero) is 1.